The molecule has 0 unspecified atom stereocenters. The van der Waals surface area contributed by atoms with E-state index in [2.05, 4.69) is 31.4 Å². The van der Waals surface area contributed by atoms with Gasteiger partial charge in [-0.2, -0.15) is 0 Å². The van der Waals surface area contributed by atoms with Crippen LogP contribution in [0, 0.1) is 0 Å². The van der Waals surface area contributed by atoms with Crippen LogP contribution in [-0.4, -0.2) is 4.20 Å². The molecule has 1 radical (unpaired) electrons. The number of allylic oxidation sites excluding steroid dienone is 1. The quantitative estimate of drug-likeness (QED) is 0.394. The Labute approximate surface area is 48.7 Å². The van der Waals surface area contributed by atoms with E-state index in [1.807, 2.05) is 0 Å². The van der Waals surface area contributed by atoms with Crippen LogP contribution in [0.3, 0.4) is 0 Å². The highest BCUT2D eigenvalue weighted by Crippen LogP contribution is 1.89. The summed E-state index contributed by atoms with van der Waals surface area (Å²) in [7, 11) is 0. The molecule has 33 valence electrons. The molecule has 0 aromatic rings. The Morgan fingerprint density at radius 3 is 2.33 bits per heavy atom. The van der Waals surface area contributed by atoms with Crippen LogP contribution in [0.25, 0.3) is 0 Å². The summed E-state index contributed by atoms with van der Waals surface area (Å²) in [5.41, 5.74) is 0. The molecule has 0 aliphatic heterocycles. The molecule has 0 nitrogen and oxygen atoms in total. The third-order valence-electron chi connectivity index (χ3n) is 0.311. The van der Waals surface area contributed by atoms with Crippen molar-refractivity contribution in [1.82, 2.24) is 0 Å². The Kier molecular flexibility index (Phi) is 3.28. The molecule has 0 fully saturated rings. The van der Waals surface area contributed by atoms with Gasteiger partial charge in [-0.3, -0.25) is 0 Å². The maximum Gasteiger partial charge on any atom is 0.0817 e. The van der Waals surface area contributed by atoms with E-state index in [0.29, 0.717) is 10.6 Å². The van der Waals surface area contributed by atoms with Crippen LogP contribution in [0.2, 0.25) is 0 Å². The third-order valence-corrected chi connectivity index (χ3v) is 0.644. The average molecular weight is 117 g/mol. The molecule has 0 amide bonds. The standard InChI is InChI=1S/C4H5S2/c1-2-3-4(5)6/h2H,1,3H2. The van der Waals surface area contributed by atoms with E-state index >= 15 is 0 Å². The van der Waals surface area contributed by atoms with Gasteiger partial charge in [0.2, 0.25) is 0 Å². The topological polar surface area (TPSA) is 0 Å². The van der Waals surface area contributed by atoms with E-state index in [1.54, 1.807) is 6.08 Å². The molecule has 0 rings (SSSR count). The number of thiocarbonyl (C=S) groups is 1. The van der Waals surface area contributed by atoms with Gasteiger partial charge in [-0.05, 0) is 0 Å². The third kappa shape index (κ3) is 4.05. The Hall–Kier alpha value is 0.0500. The van der Waals surface area contributed by atoms with E-state index in [-0.39, 0.29) is 0 Å². The van der Waals surface area contributed by atoms with Crippen molar-refractivity contribution in [3.05, 3.63) is 12.7 Å². The van der Waals surface area contributed by atoms with Crippen LogP contribution in [0.1, 0.15) is 6.42 Å². The summed E-state index contributed by atoms with van der Waals surface area (Å²) in [4.78, 5) is 0. The van der Waals surface area contributed by atoms with Gasteiger partial charge in [0, 0.05) is 6.42 Å². The van der Waals surface area contributed by atoms with Crippen molar-refractivity contribution in [1.29, 1.82) is 0 Å². The molecule has 0 atom stereocenters. The van der Waals surface area contributed by atoms with Crippen LogP contribution in [0.15, 0.2) is 12.7 Å². The Morgan fingerprint density at radius 2 is 2.33 bits per heavy atom. The normalized spacial score (nSPS) is 7.33. The predicted molar refractivity (Wildman–Crippen MR) is 35.0 cm³/mol. The summed E-state index contributed by atoms with van der Waals surface area (Å²) < 4.78 is 0.588. The lowest BCUT2D eigenvalue weighted by Crippen LogP contribution is -1.72. The van der Waals surface area contributed by atoms with E-state index in [9.17, 15) is 0 Å². The van der Waals surface area contributed by atoms with Crippen LogP contribution in [0.4, 0.5) is 0 Å². The van der Waals surface area contributed by atoms with Gasteiger partial charge in [0.05, 0.1) is 4.20 Å². The van der Waals surface area contributed by atoms with Gasteiger partial charge in [-0.1, -0.05) is 30.9 Å². The fraction of sp³-hybridized carbons (Fsp3) is 0.250. The zero-order chi connectivity index (χ0) is 4.99. The van der Waals surface area contributed by atoms with Crippen LogP contribution in [0.5, 0.6) is 0 Å². The van der Waals surface area contributed by atoms with Crippen molar-refractivity contribution in [3.8, 4) is 0 Å². The van der Waals surface area contributed by atoms with E-state index < -0.39 is 0 Å². The molecule has 0 aromatic heterocycles. The minimum atomic E-state index is 0.588. The second kappa shape index (κ2) is 3.25. The van der Waals surface area contributed by atoms with Gasteiger partial charge in [0.25, 0.3) is 0 Å². The highest BCUT2D eigenvalue weighted by atomic mass is 32.1. The molecule has 0 aromatic carbocycles. The molecule has 2 heteroatoms. The molecule has 0 bridgehead atoms. The van der Waals surface area contributed by atoms with Gasteiger partial charge in [-0.25, -0.2) is 0 Å². The summed E-state index contributed by atoms with van der Waals surface area (Å²) in [6.45, 7) is 3.45. The lowest BCUT2D eigenvalue weighted by molar-refractivity contribution is 1.59. The number of rotatable bonds is 2. The van der Waals surface area contributed by atoms with Gasteiger partial charge >= 0.3 is 0 Å². The van der Waals surface area contributed by atoms with E-state index in [1.165, 1.54) is 0 Å². The summed E-state index contributed by atoms with van der Waals surface area (Å²) in [6.07, 6.45) is 2.39. The van der Waals surface area contributed by atoms with Crippen molar-refractivity contribution in [2.75, 3.05) is 0 Å². The van der Waals surface area contributed by atoms with Gasteiger partial charge < -0.3 is 0 Å². The Morgan fingerprint density at radius 1 is 1.83 bits per heavy atom. The molecule has 0 saturated carbocycles. The predicted octanol–water partition coefficient (Wildman–Crippen LogP) is 2.09. The van der Waals surface area contributed by atoms with Gasteiger partial charge in [-0.15, -0.1) is 6.58 Å². The first-order valence-electron chi connectivity index (χ1n) is 1.58. The summed E-state index contributed by atoms with van der Waals surface area (Å²) in [6, 6.07) is 0. The highest BCUT2D eigenvalue weighted by Gasteiger charge is 1.78. The van der Waals surface area contributed by atoms with Crippen molar-refractivity contribution in [2.45, 2.75) is 6.42 Å². The van der Waals surface area contributed by atoms with Crippen molar-refractivity contribution < 1.29 is 0 Å². The molecule has 0 saturated heterocycles. The molecule has 0 aliphatic rings. The van der Waals surface area contributed by atoms with Crippen molar-refractivity contribution in [3.63, 3.8) is 0 Å². The molecule has 0 heterocycles. The zero-order valence-corrected chi connectivity index (χ0v) is 4.94. The lowest BCUT2D eigenvalue weighted by atomic mass is 10.5. The van der Waals surface area contributed by atoms with E-state index in [4.69, 9.17) is 0 Å². The van der Waals surface area contributed by atoms with Crippen molar-refractivity contribution in [2.24, 2.45) is 0 Å². The minimum Gasteiger partial charge on any atom is -0.103 e. The SMILES string of the molecule is C=CCC([S])=S. The monoisotopic (exact) mass is 117 g/mol. The maximum absolute atomic E-state index is 4.54. The number of hydrogen-bond donors (Lipinski definition) is 0. The van der Waals surface area contributed by atoms with Gasteiger partial charge in [0.1, 0.15) is 0 Å². The molecule has 0 aliphatic carbocycles. The molecule has 0 spiro atoms. The fourth-order valence-electron chi connectivity index (χ4n) is 0.118. The van der Waals surface area contributed by atoms with Crippen molar-refractivity contribution >= 4 is 29.0 Å². The molecule has 0 N–H and O–H groups in total. The highest BCUT2D eigenvalue weighted by molar-refractivity contribution is 8.11. The first kappa shape index (κ1) is 6.05. The second-order valence-electron chi connectivity index (χ2n) is 0.865. The average Bonchev–Trinajstić information content (AvgIpc) is 1.35. The van der Waals surface area contributed by atoms with Crippen LogP contribution < -0.4 is 0 Å². The molecule has 6 heavy (non-hydrogen) atoms. The Bertz CT molecular complexity index is 65.9. The molecular formula is C4H5S2. The number of hydrogen-bond acceptors (Lipinski definition) is 1. The smallest absolute Gasteiger partial charge is 0.0817 e. The summed E-state index contributed by atoms with van der Waals surface area (Å²) >= 11 is 9.08. The molecular weight excluding hydrogens is 112 g/mol. The Balaban J connectivity index is 3.05. The second-order valence-corrected chi connectivity index (χ2v) is 2.11. The minimum absolute atomic E-state index is 0.588. The van der Waals surface area contributed by atoms with Crippen LogP contribution >= 0.6 is 24.8 Å². The zero-order valence-electron chi connectivity index (χ0n) is 3.31. The maximum atomic E-state index is 4.54. The fourth-order valence-corrected chi connectivity index (χ4v) is 0.354. The summed E-state index contributed by atoms with van der Waals surface area (Å²) in [5, 5.41) is 0. The lowest BCUT2D eigenvalue weighted by Gasteiger charge is -1.76. The van der Waals surface area contributed by atoms with Crippen LogP contribution in [-0.2, 0) is 0 Å². The van der Waals surface area contributed by atoms with E-state index in [0.717, 1.165) is 0 Å². The van der Waals surface area contributed by atoms with Gasteiger partial charge in [0.15, 0.2) is 0 Å². The largest absolute Gasteiger partial charge is 0.103 e. The first-order valence-corrected chi connectivity index (χ1v) is 2.39. The summed E-state index contributed by atoms with van der Waals surface area (Å²) in [5.74, 6) is 0. The first-order chi connectivity index (χ1) is 2.77.